The van der Waals surface area contributed by atoms with Crippen molar-refractivity contribution in [3.63, 3.8) is 0 Å². The third-order valence-corrected chi connectivity index (χ3v) is 6.99. The van der Waals surface area contributed by atoms with Gasteiger partial charge in [0.15, 0.2) is 17.5 Å². The SMILES string of the molecule is O=C(/C=C/c1ccc(Cl)c([N+](=O)[O-])c1)N1CCN(S(=O)(=O)c2ccc(F)c(F)c2F)CC1. The molecule has 3 rings (SSSR count). The Morgan fingerprint density at radius 3 is 2.34 bits per heavy atom. The molecule has 1 aliphatic heterocycles. The molecule has 170 valence electrons. The number of hydrogen-bond donors (Lipinski definition) is 0. The first-order valence-electron chi connectivity index (χ1n) is 9.07. The summed E-state index contributed by atoms with van der Waals surface area (Å²) in [5, 5.41) is 10.9. The second-order valence-corrected chi connectivity index (χ2v) is 9.02. The Kier molecular flexibility index (Phi) is 6.86. The van der Waals surface area contributed by atoms with E-state index in [1.54, 1.807) is 0 Å². The van der Waals surface area contributed by atoms with Crippen LogP contribution in [0.15, 0.2) is 41.3 Å². The van der Waals surface area contributed by atoms with Gasteiger partial charge in [-0.25, -0.2) is 21.6 Å². The lowest BCUT2D eigenvalue weighted by Crippen LogP contribution is -2.50. The smallest absolute Gasteiger partial charge is 0.288 e. The molecule has 8 nitrogen and oxygen atoms in total. The van der Waals surface area contributed by atoms with E-state index in [-0.39, 0.29) is 36.9 Å². The lowest BCUT2D eigenvalue weighted by atomic mass is 10.2. The summed E-state index contributed by atoms with van der Waals surface area (Å²) in [4.78, 5) is 23.0. The van der Waals surface area contributed by atoms with Crippen molar-refractivity contribution in [2.75, 3.05) is 26.2 Å². The molecule has 32 heavy (non-hydrogen) atoms. The van der Waals surface area contributed by atoms with Gasteiger partial charge in [0.1, 0.15) is 9.92 Å². The molecule has 1 fully saturated rings. The van der Waals surface area contributed by atoms with Crippen LogP contribution < -0.4 is 0 Å². The van der Waals surface area contributed by atoms with Gasteiger partial charge in [0.2, 0.25) is 15.9 Å². The molecule has 0 bridgehead atoms. The molecule has 0 spiro atoms. The van der Waals surface area contributed by atoms with Crippen molar-refractivity contribution in [1.82, 2.24) is 9.21 Å². The summed E-state index contributed by atoms with van der Waals surface area (Å²) in [6, 6.07) is 5.18. The van der Waals surface area contributed by atoms with Crippen LogP contribution in [0.2, 0.25) is 5.02 Å². The minimum absolute atomic E-state index is 0.0333. The molecule has 2 aromatic rings. The molecule has 0 saturated carbocycles. The molecule has 2 aromatic carbocycles. The number of rotatable bonds is 5. The minimum atomic E-state index is -4.43. The largest absolute Gasteiger partial charge is 0.337 e. The highest BCUT2D eigenvalue weighted by atomic mass is 35.5. The fourth-order valence-electron chi connectivity index (χ4n) is 3.04. The van der Waals surface area contributed by atoms with Crippen LogP contribution in [-0.4, -0.2) is 54.6 Å². The van der Waals surface area contributed by atoms with E-state index >= 15 is 0 Å². The first kappa shape index (κ1) is 23.7. The highest BCUT2D eigenvalue weighted by molar-refractivity contribution is 7.89. The maximum Gasteiger partial charge on any atom is 0.288 e. The van der Waals surface area contributed by atoms with Crippen LogP contribution >= 0.6 is 11.6 Å². The van der Waals surface area contributed by atoms with E-state index in [9.17, 15) is 36.5 Å². The van der Waals surface area contributed by atoms with Crippen LogP contribution in [0.4, 0.5) is 18.9 Å². The van der Waals surface area contributed by atoms with E-state index in [1.165, 1.54) is 35.3 Å². The van der Waals surface area contributed by atoms with Crippen molar-refractivity contribution >= 4 is 39.3 Å². The lowest BCUT2D eigenvalue weighted by molar-refractivity contribution is -0.384. The molecule has 1 heterocycles. The maximum atomic E-state index is 13.9. The molecule has 13 heteroatoms. The first-order chi connectivity index (χ1) is 15.0. The Hall–Kier alpha value is -2.96. The number of hydrogen-bond acceptors (Lipinski definition) is 5. The van der Waals surface area contributed by atoms with E-state index < -0.39 is 43.2 Å². The zero-order chi connectivity index (χ0) is 23.6. The summed E-state index contributed by atoms with van der Waals surface area (Å²) >= 11 is 5.74. The van der Waals surface area contributed by atoms with Gasteiger partial charge in [-0.3, -0.25) is 14.9 Å². The van der Waals surface area contributed by atoms with E-state index in [0.29, 0.717) is 17.7 Å². The summed E-state index contributed by atoms with van der Waals surface area (Å²) in [5.41, 5.74) is 0.0500. The van der Waals surface area contributed by atoms with Gasteiger partial charge in [0.05, 0.1) is 4.92 Å². The van der Waals surface area contributed by atoms with Crippen LogP contribution in [0.1, 0.15) is 5.56 Å². The molecule has 0 atom stereocenters. The Morgan fingerprint density at radius 1 is 1.06 bits per heavy atom. The first-order valence-corrected chi connectivity index (χ1v) is 10.9. The predicted octanol–water partition coefficient (Wildman–Crippen LogP) is 3.21. The monoisotopic (exact) mass is 489 g/mol. The van der Waals surface area contributed by atoms with Gasteiger partial charge in [-0.2, -0.15) is 4.31 Å². The van der Waals surface area contributed by atoms with Crippen molar-refractivity contribution < 1.29 is 31.3 Å². The van der Waals surface area contributed by atoms with Gasteiger partial charge in [-0.15, -0.1) is 0 Å². The normalized spacial score (nSPS) is 15.3. The van der Waals surface area contributed by atoms with Gasteiger partial charge >= 0.3 is 0 Å². The summed E-state index contributed by atoms with van der Waals surface area (Å²) < 4.78 is 66.5. The molecule has 1 amide bonds. The number of sulfonamides is 1. The third kappa shape index (κ3) is 4.76. The predicted molar refractivity (Wildman–Crippen MR) is 109 cm³/mol. The van der Waals surface area contributed by atoms with Crippen molar-refractivity contribution in [2.45, 2.75) is 4.90 Å². The van der Waals surface area contributed by atoms with Crippen molar-refractivity contribution in [3.8, 4) is 0 Å². The van der Waals surface area contributed by atoms with E-state index in [4.69, 9.17) is 11.6 Å². The summed E-state index contributed by atoms with van der Waals surface area (Å²) in [6.45, 7) is -0.442. The number of halogens is 4. The molecule has 0 aromatic heterocycles. The van der Waals surface area contributed by atoms with Gasteiger partial charge in [-0.05, 0) is 29.8 Å². The van der Waals surface area contributed by atoms with Crippen LogP contribution in [0.3, 0.4) is 0 Å². The Morgan fingerprint density at radius 2 is 1.72 bits per heavy atom. The molecule has 0 N–H and O–H groups in total. The maximum absolute atomic E-state index is 13.9. The van der Waals surface area contributed by atoms with Gasteiger partial charge in [-0.1, -0.05) is 17.7 Å². The quantitative estimate of drug-likeness (QED) is 0.278. The van der Waals surface area contributed by atoms with Crippen LogP contribution in [0.25, 0.3) is 6.08 Å². The molecule has 1 saturated heterocycles. The van der Waals surface area contributed by atoms with Crippen LogP contribution in [0.5, 0.6) is 0 Å². The van der Waals surface area contributed by atoms with Crippen molar-refractivity contribution in [1.29, 1.82) is 0 Å². The van der Waals surface area contributed by atoms with E-state index in [0.717, 1.165) is 4.31 Å². The zero-order valence-corrected chi connectivity index (χ0v) is 17.7. The second-order valence-electron chi connectivity index (χ2n) is 6.70. The van der Waals surface area contributed by atoms with E-state index in [2.05, 4.69) is 0 Å². The number of piperazine rings is 1. The van der Waals surface area contributed by atoms with Gasteiger partial charge in [0, 0.05) is 38.3 Å². The fourth-order valence-corrected chi connectivity index (χ4v) is 4.71. The Labute approximate surface area is 185 Å². The minimum Gasteiger partial charge on any atom is -0.337 e. The number of carbonyl (C=O) groups excluding carboxylic acids is 1. The Bertz CT molecular complexity index is 1210. The summed E-state index contributed by atoms with van der Waals surface area (Å²) in [5.74, 6) is -5.66. The lowest BCUT2D eigenvalue weighted by Gasteiger charge is -2.33. The molecule has 0 unspecified atom stereocenters. The number of nitrogens with zero attached hydrogens (tertiary/aromatic N) is 3. The highest BCUT2D eigenvalue weighted by Gasteiger charge is 2.33. The topological polar surface area (TPSA) is 101 Å². The van der Waals surface area contributed by atoms with Gasteiger partial charge < -0.3 is 4.90 Å². The summed E-state index contributed by atoms with van der Waals surface area (Å²) in [7, 11) is -4.43. The second kappa shape index (κ2) is 9.27. The Balaban J connectivity index is 1.67. The molecule has 1 aliphatic rings. The molecular formula is C19H15ClF3N3O5S. The molecular weight excluding hydrogens is 475 g/mol. The van der Waals surface area contributed by atoms with Crippen molar-refractivity contribution in [2.24, 2.45) is 0 Å². The highest BCUT2D eigenvalue weighted by Crippen LogP contribution is 2.26. The van der Waals surface area contributed by atoms with Crippen LogP contribution in [-0.2, 0) is 14.8 Å². The average Bonchev–Trinajstić information content (AvgIpc) is 2.76. The molecule has 0 aliphatic carbocycles. The number of nitro benzene ring substituents is 1. The summed E-state index contributed by atoms with van der Waals surface area (Å²) in [6.07, 6.45) is 2.53. The fraction of sp³-hybridized carbons (Fsp3) is 0.211. The number of amides is 1. The number of benzene rings is 2. The van der Waals surface area contributed by atoms with Crippen LogP contribution in [0, 0.1) is 27.6 Å². The average molecular weight is 490 g/mol. The van der Waals surface area contributed by atoms with Crippen molar-refractivity contribution in [3.05, 3.63) is 74.6 Å². The number of carbonyl (C=O) groups is 1. The molecule has 0 radical (unpaired) electrons. The number of nitro groups is 1. The third-order valence-electron chi connectivity index (χ3n) is 4.75. The standard InChI is InChI=1S/C19H15ClF3N3O5S/c20-13-3-1-12(11-15(13)26(28)29)2-6-17(27)24-7-9-25(10-8-24)32(30,31)16-5-4-14(21)18(22)19(16)23/h1-6,11H,7-10H2/b6-2+. The van der Waals surface area contributed by atoms with Gasteiger partial charge in [0.25, 0.3) is 5.69 Å². The van der Waals surface area contributed by atoms with E-state index in [1.807, 2.05) is 0 Å². The zero-order valence-electron chi connectivity index (χ0n) is 16.2.